The number of aliphatic hydroxyl groups is 1. The summed E-state index contributed by atoms with van der Waals surface area (Å²) < 4.78 is 1.48. The third kappa shape index (κ3) is 1.31. The van der Waals surface area contributed by atoms with E-state index in [0.29, 0.717) is 18.9 Å². The summed E-state index contributed by atoms with van der Waals surface area (Å²) in [5.41, 5.74) is -0.116. The molecule has 0 aliphatic carbocycles. The maximum absolute atomic E-state index is 11.5. The Bertz CT molecular complexity index is 368. The van der Waals surface area contributed by atoms with Gasteiger partial charge in [0.2, 0.25) is 0 Å². The normalized spacial score (nSPS) is 17.2. The minimum absolute atomic E-state index is 0.116. The Kier molecular flexibility index (Phi) is 1.81. The van der Waals surface area contributed by atoms with E-state index >= 15 is 0 Å². The largest absolute Gasteiger partial charge is 0.389 e. The van der Waals surface area contributed by atoms with Gasteiger partial charge in [-0.3, -0.25) is 4.79 Å². The van der Waals surface area contributed by atoms with E-state index in [9.17, 15) is 4.79 Å². The first-order valence-electron chi connectivity index (χ1n) is 4.13. The Hall–Kier alpha value is -1.36. The molecule has 13 heavy (non-hydrogen) atoms. The molecule has 0 saturated carbocycles. The zero-order valence-corrected chi connectivity index (χ0v) is 7.34. The predicted octanol–water partition coefficient (Wildman–Crippen LogP) is -1.04. The van der Waals surface area contributed by atoms with Gasteiger partial charge in [0.1, 0.15) is 0 Å². The topological polar surface area (TPSA) is 58.4 Å². The van der Waals surface area contributed by atoms with Crippen molar-refractivity contribution in [2.75, 3.05) is 18.0 Å². The molecule has 70 valence electrons. The smallest absolute Gasteiger partial charge is 0.293 e. The highest BCUT2D eigenvalue weighted by molar-refractivity contribution is 5.39. The second-order valence-electron chi connectivity index (χ2n) is 3.23. The lowest BCUT2D eigenvalue weighted by atomic mass is 10.2. The highest BCUT2D eigenvalue weighted by Gasteiger charge is 2.27. The van der Waals surface area contributed by atoms with Crippen LogP contribution in [0.2, 0.25) is 0 Å². The quantitative estimate of drug-likeness (QED) is 0.601. The lowest BCUT2D eigenvalue weighted by Crippen LogP contribution is -2.53. The van der Waals surface area contributed by atoms with Gasteiger partial charge in [-0.05, 0) is 0 Å². The Labute approximate surface area is 75.3 Å². The number of rotatable bonds is 1. The number of aryl methyl sites for hydroxylation is 1. The molecule has 1 aromatic heterocycles. The summed E-state index contributed by atoms with van der Waals surface area (Å²) in [5, 5.41) is 9.06. The van der Waals surface area contributed by atoms with Crippen LogP contribution in [-0.2, 0) is 7.05 Å². The monoisotopic (exact) mass is 181 g/mol. The van der Waals surface area contributed by atoms with Crippen LogP contribution in [-0.4, -0.2) is 33.9 Å². The van der Waals surface area contributed by atoms with Crippen LogP contribution in [0.25, 0.3) is 0 Å². The van der Waals surface area contributed by atoms with Crippen molar-refractivity contribution in [2.45, 2.75) is 6.10 Å². The third-order valence-electron chi connectivity index (χ3n) is 2.16. The summed E-state index contributed by atoms with van der Waals surface area (Å²) in [6, 6.07) is 0. The average molecular weight is 181 g/mol. The molecule has 0 bridgehead atoms. The number of β-amino-alcohol motifs (C(OH)–C–C–N with tert-alkyl or cyclic N) is 1. The fourth-order valence-corrected chi connectivity index (χ4v) is 1.33. The average Bonchev–Trinajstić information content (AvgIpc) is 2.05. The van der Waals surface area contributed by atoms with Gasteiger partial charge in [-0.1, -0.05) is 0 Å². The highest BCUT2D eigenvalue weighted by atomic mass is 16.3. The minimum atomic E-state index is -0.313. The van der Waals surface area contributed by atoms with Gasteiger partial charge >= 0.3 is 0 Å². The number of anilines is 1. The molecular formula is C8H11N3O2. The molecule has 0 radical (unpaired) electrons. The van der Waals surface area contributed by atoms with Crippen molar-refractivity contribution in [3.63, 3.8) is 0 Å². The number of hydrogen-bond donors (Lipinski definition) is 1. The molecule has 0 atom stereocenters. The molecule has 2 rings (SSSR count). The minimum Gasteiger partial charge on any atom is -0.389 e. The zero-order chi connectivity index (χ0) is 9.42. The van der Waals surface area contributed by atoms with E-state index in [0.717, 1.165) is 0 Å². The van der Waals surface area contributed by atoms with Crippen molar-refractivity contribution in [3.8, 4) is 0 Å². The summed E-state index contributed by atoms with van der Waals surface area (Å²) in [6.07, 6.45) is 2.88. The van der Waals surface area contributed by atoms with Crippen LogP contribution in [0.4, 0.5) is 5.82 Å². The molecular weight excluding hydrogens is 170 g/mol. The van der Waals surface area contributed by atoms with E-state index in [1.807, 2.05) is 0 Å². The van der Waals surface area contributed by atoms with E-state index in [-0.39, 0.29) is 11.7 Å². The molecule has 1 N–H and O–H groups in total. The summed E-state index contributed by atoms with van der Waals surface area (Å²) in [4.78, 5) is 17.2. The molecule has 1 aromatic rings. The molecule has 0 spiro atoms. The highest BCUT2D eigenvalue weighted by Crippen LogP contribution is 2.12. The van der Waals surface area contributed by atoms with Crippen molar-refractivity contribution in [3.05, 3.63) is 22.7 Å². The van der Waals surface area contributed by atoms with Crippen LogP contribution in [0.5, 0.6) is 0 Å². The lowest BCUT2D eigenvalue weighted by molar-refractivity contribution is 0.141. The fraction of sp³-hybridized carbons (Fsp3) is 0.500. The first kappa shape index (κ1) is 8.25. The van der Waals surface area contributed by atoms with Crippen molar-refractivity contribution in [1.82, 2.24) is 9.55 Å². The second kappa shape index (κ2) is 2.85. The fourth-order valence-electron chi connectivity index (χ4n) is 1.33. The lowest BCUT2D eigenvalue weighted by Gasteiger charge is -2.36. The molecule has 1 fully saturated rings. The van der Waals surface area contributed by atoms with Gasteiger partial charge in [0, 0.05) is 32.5 Å². The SMILES string of the molecule is Cn1ccnc(N2CC(O)C2)c1=O. The van der Waals surface area contributed by atoms with Crippen molar-refractivity contribution < 1.29 is 5.11 Å². The number of aromatic nitrogens is 2. The van der Waals surface area contributed by atoms with Gasteiger partial charge < -0.3 is 14.6 Å². The molecule has 1 saturated heterocycles. The summed E-state index contributed by atoms with van der Waals surface area (Å²) >= 11 is 0. The third-order valence-corrected chi connectivity index (χ3v) is 2.16. The first-order chi connectivity index (χ1) is 6.18. The molecule has 1 aliphatic heterocycles. The molecule has 0 amide bonds. The van der Waals surface area contributed by atoms with Crippen LogP contribution in [0.1, 0.15) is 0 Å². The van der Waals surface area contributed by atoms with Gasteiger partial charge in [-0.15, -0.1) is 0 Å². The zero-order valence-electron chi connectivity index (χ0n) is 7.34. The number of nitrogens with zero attached hydrogens (tertiary/aromatic N) is 3. The Morgan fingerprint density at radius 1 is 1.62 bits per heavy atom. The van der Waals surface area contributed by atoms with Crippen molar-refractivity contribution in [1.29, 1.82) is 0 Å². The standard InChI is InChI=1S/C8H11N3O2/c1-10-3-2-9-7(8(10)13)11-4-6(12)5-11/h2-3,6,12H,4-5H2,1H3. The van der Waals surface area contributed by atoms with E-state index in [1.165, 1.54) is 4.57 Å². The van der Waals surface area contributed by atoms with Crippen LogP contribution >= 0.6 is 0 Å². The summed E-state index contributed by atoms with van der Waals surface area (Å²) in [7, 11) is 1.68. The van der Waals surface area contributed by atoms with E-state index in [1.54, 1.807) is 24.3 Å². The Morgan fingerprint density at radius 3 is 2.92 bits per heavy atom. The van der Waals surface area contributed by atoms with Crippen molar-refractivity contribution in [2.24, 2.45) is 7.05 Å². The molecule has 5 nitrogen and oxygen atoms in total. The molecule has 2 heterocycles. The van der Waals surface area contributed by atoms with Gasteiger partial charge in [-0.2, -0.15) is 0 Å². The Morgan fingerprint density at radius 2 is 2.31 bits per heavy atom. The van der Waals surface area contributed by atoms with E-state index in [4.69, 9.17) is 5.11 Å². The van der Waals surface area contributed by atoms with Gasteiger partial charge in [0.05, 0.1) is 6.10 Å². The van der Waals surface area contributed by atoms with E-state index < -0.39 is 0 Å². The van der Waals surface area contributed by atoms with Gasteiger partial charge in [0.15, 0.2) is 5.82 Å². The summed E-state index contributed by atoms with van der Waals surface area (Å²) in [6.45, 7) is 1.01. The number of hydrogen-bond acceptors (Lipinski definition) is 4. The first-order valence-corrected chi connectivity index (χ1v) is 4.13. The van der Waals surface area contributed by atoms with Gasteiger partial charge in [0.25, 0.3) is 5.56 Å². The van der Waals surface area contributed by atoms with Crippen LogP contribution in [0.15, 0.2) is 17.2 Å². The maximum Gasteiger partial charge on any atom is 0.293 e. The molecule has 1 aliphatic rings. The van der Waals surface area contributed by atoms with Crippen LogP contribution in [0.3, 0.4) is 0 Å². The van der Waals surface area contributed by atoms with Crippen LogP contribution in [0, 0.1) is 0 Å². The predicted molar refractivity (Wildman–Crippen MR) is 47.7 cm³/mol. The van der Waals surface area contributed by atoms with Crippen LogP contribution < -0.4 is 10.5 Å². The van der Waals surface area contributed by atoms with Gasteiger partial charge in [-0.25, -0.2) is 4.98 Å². The van der Waals surface area contributed by atoms with E-state index in [2.05, 4.69) is 4.98 Å². The molecule has 5 heteroatoms. The number of aliphatic hydroxyl groups excluding tert-OH is 1. The summed E-state index contributed by atoms with van der Waals surface area (Å²) in [5.74, 6) is 0.426. The molecule has 0 aromatic carbocycles. The maximum atomic E-state index is 11.5. The molecule has 0 unspecified atom stereocenters. The second-order valence-corrected chi connectivity index (χ2v) is 3.23. The van der Waals surface area contributed by atoms with Crippen molar-refractivity contribution >= 4 is 5.82 Å². The Balaban J connectivity index is 2.31.